The monoisotopic (exact) mass is 255 g/mol. The van der Waals surface area contributed by atoms with E-state index in [1.165, 1.54) is 5.56 Å². The number of hydrogen-bond acceptors (Lipinski definition) is 4. The number of aromatic nitrogens is 1. The zero-order valence-electron chi connectivity index (χ0n) is 10.6. The molecule has 2 aromatic rings. The fourth-order valence-electron chi connectivity index (χ4n) is 2.58. The van der Waals surface area contributed by atoms with E-state index in [9.17, 15) is 0 Å². The molecule has 4 heteroatoms. The number of nitrogens with one attached hydrogen (secondary N) is 1. The molecule has 3 N–H and O–H groups in total. The Hall–Kier alpha value is -1.91. The predicted octanol–water partition coefficient (Wildman–Crippen LogP) is 1.63. The third kappa shape index (κ3) is 2.45. The summed E-state index contributed by atoms with van der Waals surface area (Å²) < 4.78 is 5.72. The highest BCUT2D eigenvalue weighted by atomic mass is 16.5. The lowest BCUT2D eigenvalue weighted by molar-refractivity contribution is 0.297. The van der Waals surface area contributed by atoms with Crippen molar-refractivity contribution in [1.29, 1.82) is 0 Å². The highest BCUT2D eigenvalue weighted by Crippen LogP contribution is 2.36. The van der Waals surface area contributed by atoms with Crippen LogP contribution in [0.4, 0.5) is 0 Å². The Bertz CT molecular complexity index is 544. The molecule has 2 atom stereocenters. The second kappa shape index (κ2) is 5.38. The van der Waals surface area contributed by atoms with Crippen molar-refractivity contribution in [3.05, 3.63) is 59.9 Å². The molecule has 0 bridgehead atoms. The number of hydrazine groups is 1. The van der Waals surface area contributed by atoms with Gasteiger partial charge in [0.25, 0.3) is 0 Å². The van der Waals surface area contributed by atoms with Crippen LogP contribution in [-0.2, 0) is 6.42 Å². The minimum atomic E-state index is 0.124. The molecule has 0 amide bonds. The van der Waals surface area contributed by atoms with Gasteiger partial charge in [0.15, 0.2) is 0 Å². The summed E-state index contributed by atoms with van der Waals surface area (Å²) in [7, 11) is 0. The molecule has 4 nitrogen and oxygen atoms in total. The summed E-state index contributed by atoms with van der Waals surface area (Å²) in [6.45, 7) is 0.668. The van der Waals surface area contributed by atoms with Crippen molar-refractivity contribution in [2.45, 2.75) is 18.4 Å². The summed E-state index contributed by atoms with van der Waals surface area (Å²) in [6.07, 6.45) is 2.60. The highest BCUT2D eigenvalue weighted by Gasteiger charge is 2.30. The molecule has 0 spiro atoms. The SMILES string of the molecule is NNC(Cc1ccccn1)C1COc2ccccc21. The van der Waals surface area contributed by atoms with E-state index >= 15 is 0 Å². The fraction of sp³-hybridized carbons (Fsp3) is 0.267. The lowest BCUT2D eigenvalue weighted by Crippen LogP contribution is -2.42. The van der Waals surface area contributed by atoms with Crippen LogP contribution < -0.4 is 16.0 Å². The normalized spacial score (nSPS) is 18.7. The van der Waals surface area contributed by atoms with Gasteiger partial charge < -0.3 is 4.74 Å². The molecule has 1 aliphatic heterocycles. The van der Waals surface area contributed by atoms with Crippen LogP contribution in [0.15, 0.2) is 48.7 Å². The zero-order chi connectivity index (χ0) is 13.1. The van der Waals surface area contributed by atoms with Gasteiger partial charge in [-0.15, -0.1) is 0 Å². The average Bonchev–Trinajstić information content (AvgIpc) is 2.90. The van der Waals surface area contributed by atoms with Gasteiger partial charge in [0.1, 0.15) is 5.75 Å². The number of nitrogens with two attached hydrogens (primary N) is 1. The van der Waals surface area contributed by atoms with Gasteiger partial charge in [0.05, 0.1) is 6.61 Å². The van der Waals surface area contributed by atoms with Crippen LogP contribution in [0.5, 0.6) is 5.75 Å². The number of nitrogens with zero attached hydrogens (tertiary/aromatic N) is 1. The zero-order valence-corrected chi connectivity index (χ0v) is 10.6. The third-order valence-electron chi connectivity index (χ3n) is 3.59. The van der Waals surface area contributed by atoms with Crippen molar-refractivity contribution >= 4 is 0 Å². The largest absolute Gasteiger partial charge is 0.493 e. The first-order valence-corrected chi connectivity index (χ1v) is 6.46. The molecule has 1 aromatic carbocycles. The van der Waals surface area contributed by atoms with E-state index in [-0.39, 0.29) is 12.0 Å². The van der Waals surface area contributed by atoms with Crippen LogP contribution in [0.2, 0.25) is 0 Å². The van der Waals surface area contributed by atoms with E-state index in [1.54, 1.807) is 0 Å². The Morgan fingerprint density at radius 3 is 2.89 bits per heavy atom. The Kier molecular flexibility index (Phi) is 3.44. The number of hydrogen-bond donors (Lipinski definition) is 2. The quantitative estimate of drug-likeness (QED) is 0.644. The molecular formula is C15H17N3O. The molecule has 0 radical (unpaired) electrons. The Balaban J connectivity index is 1.81. The van der Waals surface area contributed by atoms with Gasteiger partial charge in [0.2, 0.25) is 0 Å². The topological polar surface area (TPSA) is 60.2 Å². The molecule has 0 saturated carbocycles. The molecular weight excluding hydrogens is 238 g/mol. The van der Waals surface area contributed by atoms with Crippen molar-refractivity contribution in [1.82, 2.24) is 10.4 Å². The molecule has 2 heterocycles. The summed E-state index contributed by atoms with van der Waals surface area (Å²) in [5.41, 5.74) is 5.17. The number of benzene rings is 1. The lowest BCUT2D eigenvalue weighted by Gasteiger charge is -2.21. The standard InChI is InChI=1S/C15H17N3O/c16-18-14(9-11-5-3-4-8-17-11)13-10-19-15-7-2-1-6-12(13)15/h1-8,13-14,18H,9-10,16H2. The van der Waals surface area contributed by atoms with E-state index in [4.69, 9.17) is 10.6 Å². The van der Waals surface area contributed by atoms with Crippen LogP contribution in [-0.4, -0.2) is 17.6 Å². The Morgan fingerprint density at radius 1 is 1.26 bits per heavy atom. The second-order valence-corrected chi connectivity index (χ2v) is 4.75. The summed E-state index contributed by atoms with van der Waals surface area (Å²) in [5.74, 6) is 6.96. The molecule has 98 valence electrons. The molecule has 19 heavy (non-hydrogen) atoms. The van der Waals surface area contributed by atoms with Crippen molar-refractivity contribution in [3.63, 3.8) is 0 Å². The number of para-hydroxylation sites is 1. The maximum atomic E-state index is 5.72. The van der Waals surface area contributed by atoms with Gasteiger partial charge in [-0.1, -0.05) is 24.3 Å². The molecule has 1 aromatic heterocycles. The maximum absolute atomic E-state index is 5.72. The van der Waals surface area contributed by atoms with E-state index in [1.807, 2.05) is 42.6 Å². The van der Waals surface area contributed by atoms with Gasteiger partial charge >= 0.3 is 0 Å². The number of fused-ring (bicyclic) bond motifs is 1. The Labute approximate surface area is 112 Å². The van der Waals surface area contributed by atoms with Crippen molar-refractivity contribution in [2.24, 2.45) is 5.84 Å². The highest BCUT2D eigenvalue weighted by molar-refractivity contribution is 5.40. The van der Waals surface area contributed by atoms with Crippen molar-refractivity contribution < 1.29 is 4.74 Å². The molecule has 0 aliphatic carbocycles. The van der Waals surface area contributed by atoms with E-state index in [0.29, 0.717) is 6.61 Å². The van der Waals surface area contributed by atoms with Gasteiger partial charge in [-0.25, -0.2) is 0 Å². The molecule has 0 fully saturated rings. The van der Waals surface area contributed by atoms with Crippen LogP contribution >= 0.6 is 0 Å². The van der Waals surface area contributed by atoms with Crippen LogP contribution in [0.25, 0.3) is 0 Å². The summed E-state index contributed by atoms with van der Waals surface area (Å²) in [4.78, 5) is 4.36. The van der Waals surface area contributed by atoms with E-state index in [2.05, 4.69) is 16.5 Å². The lowest BCUT2D eigenvalue weighted by atomic mass is 9.91. The summed E-state index contributed by atoms with van der Waals surface area (Å²) >= 11 is 0. The molecule has 0 saturated heterocycles. The predicted molar refractivity (Wildman–Crippen MR) is 73.7 cm³/mol. The van der Waals surface area contributed by atoms with E-state index in [0.717, 1.165) is 17.9 Å². The minimum Gasteiger partial charge on any atom is -0.493 e. The first-order chi connectivity index (χ1) is 9.38. The number of rotatable bonds is 4. The first-order valence-electron chi connectivity index (χ1n) is 6.46. The van der Waals surface area contributed by atoms with Crippen LogP contribution in [0.3, 0.4) is 0 Å². The first kappa shape index (κ1) is 12.1. The molecule has 2 unspecified atom stereocenters. The van der Waals surface area contributed by atoms with Crippen molar-refractivity contribution in [2.75, 3.05) is 6.61 Å². The smallest absolute Gasteiger partial charge is 0.122 e. The average molecular weight is 255 g/mol. The van der Waals surface area contributed by atoms with Gasteiger partial charge in [-0.2, -0.15) is 0 Å². The summed E-state index contributed by atoms with van der Waals surface area (Å²) in [5, 5.41) is 0. The minimum absolute atomic E-state index is 0.124. The van der Waals surface area contributed by atoms with Crippen LogP contribution in [0, 0.1) is 0 Å². The van der Waals surface area contributed by atoms with Crippen molar-refractivity contribution in [3.8, 4) is 5.75 Å². The van der Waals surface area contributed by atoms with E-state index < -0.39 is 0 Å². The molecule has 1 aliphatic rings. The maximum Gasteiger partial charge on any atom is 0.122 e. The Morgan fingerprint density at radius 2 is 2.11 bits per heavy atom. The number of pyridine rings is 1. The summed E-state index contributed by atoms with van der Waals surface area (Å²) in [6, 6.07) is 14.2. The third-order valence-corrected chi connectivity index (χ3v) is 3.59. The second-order valence-electron chi connectivity index (χ2n) is 4.75. The number of ether oxygens (including phenoxy) is 1. The van der Waals surface area contributed by atoms with Gasteiger partial charge in [0, 0.05) is 35.8 Å². The molecule has 3 rings (SSSR count). The van der Waals surface area contributed by atoms with Crippen LogP contribution in [0.1, 0.15) is 17.2 Å². The fourth-order valence-corrected chi connectivity index (χ4v) is 2.58. The van der Waals surface area contributed by atoms with Gasteiger partial charge in [-0.05, 0) is 18.2 Å². The van der Waals surface area contributed by atoms with Gasteiger partial charge in [-0.3, -0.25) is 16.3 Å².